The Morgan fingerprint density at radius 1 is 0.889 bits per heavy atom. The Hall–Kier alpha value is -2.89. The molecule has 0 radical (unpaired) electrons. The molecule has 2 aromatic carbocycles. The molecule has 0 bridgehead atoms. The van der Waals surface area contributed by atoms with Crippen molar-refractivity contribution in [3.63, 3.8) is 0 Å². The van der Waals surface area contributed by atoms with E-state index >= 15 is 0 Å². The van der Waals surface area contributed by atoms with Gasteiger partial charge in [0.25, 0.3) is 0 Å². The summed E-state index contributed by atoms with van der Waals surface area (Å²) in [7, 11) is 0. The van der Waals surface area contributed by atoms with E-state index in [2.05, 4.69) is 0 Å². The minimum Gasteiger partial charge on any atom is -0.494 e. The number of nitrogens with zero attached hydrogens (tertiary/aromatic N) is 1. The number of rotatable bonds is 2. The molecule has 2 N–H and O–H groups in total. The summed E-state index contributed by atoms with van der Waals surface area (Å²) in [6.07, 6.45) is -2.60. The van der Waals surface area contributed by atoms with Crippen molar-refractivity contribution >= 4 is 0 Å². The fourth-order valence-corrected chi connectivity index (χ4v) is 3.86. The van der Waals surface area contributed by atoms with Crippen molar-refractivity contribution in [3.05, 3.63) is 76.9 Å². The lowest BCUT2D eigenvalue weighted by atomic mass is 9.81. The molecular formula is C21H18F3NO2. The largest absolute Gasteiger partial charge is 0.494 e. The Kier molecular flexibility index (Phi) is 4.13. The highest BCUT2D eigenvalue weighted by atomic mass is 19.4. The summed E-state index contributed by atoms with van der Waals surface area (Å²) in [4.78, 5) is 0. The summed E-state index contributed by atoms with van der Waals surface area (Å²) in [6, 6.07) is 14.5. The third kappa shape index (κ3) is 3.05. The predicted molar refractivity (Wildman–Crippen MR) is 95.3 cm³/mol. The van der Waals surface area contributed by atoms with Crippen LogP contribution in [-0.2, 0) is 19.0 Å². The second-order valence-electron chi connectivity index (χ2n) is 6.84. The summed E-state index contributed by atoms with van der Waals surface area (Å²) < 4.78 is 40.2. The molecule has 1 aromatic heterocycles. The van der Waals surface area contributed by atoms with Gasteiger partial charge in [-0.15, -0.1) is 0 Å². The molecule has 1 atom stereocenters. The van der Waals surface area contributed by atoms with Crippen LogP contribution in [0.15, 0.2) is 54.6 Å². The van der Waals surface area contributed by atoms with Crippen LogP contribution in [0.3, 0.4) is 0 Å². The minimum atomic E-state index is -4.49. The zero-order valence-electron chi connectivity index (χ0n) is 14.4. The van der Waals surface area contributed by atoms with Crippen LogP contribution in [0.25, 0.3) is 5.69 Å². The molecule has 0 aliphatic heterocycles. The molecule has 0 fully saturated rings. The van der Waals surface area contributed by atoms with E-state index in [1.807, 2.05) is 30.3 Å². The number of fused-ring (bicyclic) bond motifs is 1. The Bertz CT molecular complexity index is 977. The lowest BCUT2D eigenvalue weighted by Gasteiger charge is -2.22. The molecule has 6 heteroatoms. The average molecular weight is 373 g/mol. The van der Waals surface area contributed by atoms with E-state index in [1.165, 1.54) is 12.1 Å². The first-order valence-corrected chi connectivity index (χ1v) is 8.73. The van der Waals surface area contributed by atoms with Crippen LogP contribution in [0.2, 0.25) is 0 Å². The Morgan fingerprint density at radius 2 is 1.59 bits per heavy atom. The molecule has 1 heterocycles. The number of alkyl halides is 3. The van der Waals surface area contributed by atoms with Crippen LogP contribution >= 0.6 is 0 Å². The number of aromatic hydroxyl groups is 2. The van der Waals surface area contributed by atoms with Crippen LogP contribution in [0.4, 0.5) is 13.2 Å². The monoisotopic (exact) mass is 373 g/mol. The van der Waals surface area contributed by atoms with E-state index in [1.54, 1.807) is 0 Å². The smallest absolute Gasteiger partial charge is 0.416 e. The zero-order chi connectivity index (χ0) is 19.2. The second-order valence-corrected chi connectivity index (χ2v) is 6.84. The van der Waals surface area contributed by atoms with Crippen molar-refractivity contribution < 1.29 is 23.4 Å². The maximum absolute atomic E-state index is 13.0. The van der Waals surface area contributed by atoms with E-state index in [0.717, 1.165) is 28.7 Å². The predicted octanol–water partition coefficient (Wildman–Crippen LogP) is 5.18. The van der Waals surface area contributed by atoms with E-state index < -0.39 is 11.7 Å². The van der Waals surface area contributed by atoms with Crippen molar-refractivity contribution in [1.29, 1.82) is 0 Å². The van der Waals surface area contributed by atoms with Gasteiger partial charge in [0, 0.05) is 11.1 Å². The molecular weight excluding hydrogens is 355 g/mol. The summed E-state index contributed by atoms with van der Waals surface area (Å²) in [5.74, 6) is -0.183. The molecule has 0 saturated carbocycles. The van der Waals surface area contributed by atoms with Crippen LogP contribution in [0.1, 0.15) is 34.6 Å². The van der Waals surface area contributed by atoms with Crippen LogP contribution in [0.5, 0.6) is 11.8 Å². The van der Waals surface area contributed by atoms with E-state index in [-0.39, 0.29) is 23.4 Å². The molecule has 3 nitrogen and oxygen atoms in total. The summed E-state index contributed by atoms with van der Waals surface area (Å²) in [5, 5.41) is 21.3. The van der Waals surface area contributed by atoms with Gasteiger partial charge in [-0.3, -0.25) is 4.57 Å². The highest BCUT2D eigenvalue weighted by molar-refractivity contribution is 5.55. The van der Waals surface area contributed by atoms with Crippen molar-refractivity contribution in [3.8, 4) is 17.4 Å². The van der Waals surface area contributed by atoms with Crippen LogP contribution in [-0.4, -0.2) is 14.8 Å². The molecule has 0 amide bonds. The third-order valence-corrected chi connectivity index (χ3v) is 5.22. The summed E-state index contributed by atoms with van der Waals surface area (Å²) in [5.41, 5.74) is 1.62. The Balaban J connectivity index is 1.75. The van der Waals surface area contributed by atoms with Crippen LogP contribution in [0, 0.1) is 0 Å². The van der Waals surface area contributed by atoms with Gasteiger partial charge in [-0.1, -0.05) is 36.4 Å². The van der Waals surface area contributed by atoms with Gasteiger partial charge in [0.2, 0.25) is 11.8 Å². The molecule has 27 heavy (non-hydrogen) atoms. The van der Waals surface area contributed by atoms with Gasteiger partial charge in [-0.2, -0.15) is 13.2 Å². The normalized spacial score (nSPS) is 16.9. The van der Waals surface area contributed by atoms with E-state index in [0.29, 0.717) is 24.0 Å². The van der Waals surface area contributed by atoms with Crippen molar-refractivity contribution in [2.45, 2.75) is 31.4 Å². The van der Waals surface area contributed by atoms with Gasteiger partial charge < -0.3 is 10.2 Å². The first-order chi connectivity index (χ1) is 12.9. The van der Waals surface area contributed by atoms with Gasteiger partial charge in [0.15, 0.2) is 0 Å². The number of aromatic nitrogens is 1. The lowest BCUT2D eigenvalue weighted by molar-refractivity contribution is -0.137. The quantitative estimate of drug-likeness (QED) is 0.650. The molecule has 1 aliphatic rings. The minimum absolute atomic E-state index is 0.0884. The van der Waals surface area contributed by atoms with Crippen molar-refractivity contribution in [2.24, 2.45) is 0 Å². The average Bonchev–Trinajstić information content (AvgIpc) is 2.92. The number of hydrogen-bond donors (Lipinski definition) is 2. The van der Waals surface area contributed by atoms with Gasteiger partial charge in [0.1, 0.15) is 0 Å². The first kappa shape index (κ1) is 17.5. The standard InChI is InChI=1S/C21H18F3NO2/c22-21(23,24)15-7-4-8-16(12-15)25-19(26)17-10-9-14(11-18(17)20(25)27)13-5-2-1-3-6-13/h1-8,12,14,26-27H,9-11H2. The van der Waals surface area contributed by atoms with Crippen molar-refractivity contribution in [1.82, 2.24) is 4.57 Å². The maximum atomic E-state index is 13.0. The molecule has 1 unspecified atom stereocenters. The highest BCUT2D eigenvalue weighted by Gasteiger charge is 2.33. The summed E-state index contributed by atoms with van der Waals surface area (Å²) in [6.45, 7) is 0. The fraction of sp³-hybridized carbons (Fsp3) is 0.238. The Labute approximate surface area is 154 Å². The van der Waals surface area contributed by atoms with Crippen LogP contribution < -0.4 is 0 Å². The summed E-state index contributed by atoms with van der Waals surface area (Å²) >= 11 is 0. The van der Waals surface area contributed by atoms with E-state index in [9.17, 15) is 23.4 Å². The number of halogens is 3. The number of hydrogen-bond acceptors (Lipinski definition) is 2. The van der Waals surface area contributed by atoms with Gasteiger partial charge in [0.05, 0.1) is 11.3 Å². The third-order valence-electron chi connectivity index (χ3n) is 5.22. The zero-order valence-corrected chi connectivity index (χ0v) is 14.4. The fourth-order valence-electron chi connectivity index (χ4n) is 3.86. The first-order valence-electron chi connectivity index (χ1n) is 8.73. The lowest BCUT2D eigenvalue weighted by Crippen LogP contribution is -2.11. The second kappa shape index (κ2) is 6.37. The maximum Gasteiger partial charge on any atom is 0.416 e. The highest BCUT2D eigenvalue weighted by Crippen LogP contribution is 2.45. The molecule has 140 valence electrons. The van der Waals surface area contributed by atoms with Crippen molar-refractivity contribution in [2.75, 3.05) is 0 Å². The molecule has 1 aliphatic carbocycles. The molecule has 0 saturated heterocycles. The van der Waals surface area contributed by atoms with Gasteiger partial charge in [-0.05, 0) is 48.9 Å². The van der Waals surface area contributed by atoms with E-state index in [4.69, 9.17) is 0 Å². The van der Waals surface area contributed by atoms with Gasteiger partial charge >= 0.3 is 6.18 Å². The molecule has 0 spiro atoms. The Morgan fingerprint density at radius 3 is 2.30 bits per heavy atom. The number of benzene rings is 2. The van der Waals surface area contributed by atoms with Gasteiger partial charge in [-0.25, -0.2) is 0 Å². The topological polar surface area (TPSA) is 45.4 Å². The molecule has 4 rings (SSSR count). The molecule has 3 aromatic rings. The SMILES string of the molecule is Oc1c2c(c(O)n1-c1cccc(C(F)(F)F)c1)CC(c1ccccc1)CC2.